The molecule has 0 aliphatic carbocycles. The summed E-state index contributed by atoms with van der Waals surface area (Å²) in [6.07, 6.45) is 0. The lowest BCUT2D eigenvalue weighted by Crippen LogP contribution is -2.57. The number of nitrogens with one attached hydrogen (secondary N) is 1. The Hall–Kier alpha value is -0.820. The van der Waals surface area contributed by atoms with Crippen molar-refractivity contribution in [2.24, 2.45) is 0 Å². The van der Waals surface area contributed by atoms with Crippen molar-refractivity contribution in [1.82, 2.24) is 4.72 Å². The van der Waals surface area contributed by atoms with Crippen molar-refractivity contribution in [1.29, 1.82) is 0 Å². The zero-order valence-electron chi connectivity index (χ0n) is 11.4. The van der Waals surface area contributed by atoms with Crippen molar-refractivity contribution in [2.45, 2.75) is 43.7 Å². The number of hydrogen-bond donors (Lipinski definition) is 3. The average Bonchev–Trinajstić information content (AvgIpc) is 2.18. The van der Waals surface area contributed by atoms with E-state index in [9.17, 15) is 13.5 Å². The monoisotopic (exact) mass is 306 g/mol. The summed E-state index contributed by atoms with van der Waals surface area (Å²) in [5.41, 5.74) is 3.45. The molecule has 0 amide bonds. The number of aliphatic hydroxyl groups is 1. The molecule has 19 heavy (non-hydrogen) atoms. The van der Waals surface area contributed by atoms with Crippen LogP contribution in [0.4, 0.5) is 5.69 Å². The molecule has 0 radical (unpaired) electrons. The zero-order valence-corrected chi connectivity index (χ0v) is 12.9. The fraction of sp³-hybridized carbons (Fsp3) is 0.500. The normalized spacial score (nSPS) is 13.6. The SMILES string of the molecule is CC(C)(O)C(C)(C)NS(=O)(=O)c1cc(Cl)ccc1N. The minimum absolute atomic E-state index is 0.0997. The summed E-state index contributed by atoms with van der Waals surface area (Å²) < 4.78 is 27.1. The first-order chi connectivity index (χ1) is 8.37. The minimum atomic E-state index is -3.87. The molecule has 1 aromatic rings. The Labute approximate surface area is 118 Å². The highest BCUT2D eigenvalue weighted by molar-refractivity contribution is 7.89. The van der Waals surface area contributed by atoms with Crippen LogP contribution in [-0.2, 0) is 10.0 Å². The maximum Gasteiger partial charge on any atom is 0.243 e. The van der Waals surface area contributed by atoms with E-state index in [1.807, 2.05) is 0 Å². The summed E-state index contributed by atoms with van der Waals surface area (Å²) >= 11 is 5.79. The molecule has 0 heterocycles. The van der Waals surface area contributed by atoms with E-state index in [4.69, 9.17) is 17.3 Å². The third-order valence-electron chi connectivity index (χ3n) is 3.18. The average molecular weight is 307 g/mol. The van der Waals surface area contributed by atoms with Gasteiger partial charge in [-0.2, -0.15) is 0 Å². The molecule has 0 aliphatic heterocycles. The zero-order chi connectivity index (χ0) is 15.1. The molecular formula is C12H19ClN2O3S. The Morgan fingerprint density at radius 1 is 1.26 bits per heavy atom. The molecule has 0 atom stereocenters. The lowest BCUT2D eigenvalue weighted by Gasteiger charge is -2.37. The van der Waals surface area contributed by atoms with Gasteiger partial charge in [-0.1, -0.05) is 11.6 Å². The second kappa shape index (κ2) is 4.94. The summed E-state index contributed by atoms with van der Waals surface area (Å²) in [7, 11) is -3.87. The molecular weight excluding hydrogens is 288 g/mol. The summed E-state index contributed by atoms with van der Waals surface area (Å²) in [5.74, 6) is 0. The highest BCUT2D eigenvalue weighted by Gasteiger charge is 2.39. The first-order valence-corrected chi connectivity index (χ1v) is 7.54. The van der Waals surface area contributed by atoms with Crippen LogP contribution in [0.3, 0.4) is 0 Å². The van der Waals surface area contributed by atoms with Crippen molar-refractivity contribution in [2.75, 3.05) is 5.73 Å². The van der Waals surface area contributed by atoms with Crippen LogP contribution in [0.2, 0.25) is 5.02 Å². The highest BCUT2D eigenvalue weighted by Crippen LogP contribution is 2.27. The van der Waals surface area contributed by atoms with Crippen molar-refractivity contribution >= 4 is 27.3 Å². The molecule has 0 unspecified atom stereocenters. The largest absolute Gasteiger partial charge is 0.398 e. The van der Waals surface area contributed by atoms with E-state index < -0.39 is 21.2 Å². The molecule has 1 aromatic carbocycles. The Balaban J connectivity index is 3.23. The molecule has 0 aromatic heterocycles. The topological polar surface area (TPSA) is 92.4 Å². The van der Waals surface area contributed by atoms with E-state index in [0.717, 1.165) is 0 Å². The van der Waals surface area contributed by atoms with Gasteiger partial charge >= 0.3 is 0 Å². The molecule has 1 rings (SSSR count). The van der Waals surface area contributed by atoms with Gasteiger partial charge in [0.25, 0.3) is 0 Å². The van der Waals surface area contributed by atoms with E-state index >= 15 is 0 Å². The third-order valence-corrected chi connectivity index (χ3v) is 5.13. The number of anilines is 1. The number of halogens is 1. The van der Waals surface area contributed by atoms with Crippen LogP contribution >= 0.6 is 11.6 Å². The molecule has 5 nitrogen and oxygen atoms in total. The van der Waals surface area contributed by atoms with Crippen LogP contribution in [0, 0.1) is 0 Å². The second-order valence-corrected chi connectivity index (χ2v) is 7.56. The van der Waals surface area contributed by atoms with Gasteiger partial charge in [0, 0.05) is 5.02 Å². The van der Waals surface area contributed by atoms with Gasteiger partial charge in [0.2, 0.25) is 10.0 Å². The van der Waals surface area contributed by atoms with Crippen LogP contribution in [0.5, 0.6) is 0 Å². The number of nitrogen functional groups attached to an aromatic ring is 1. The van der Waals surface area contributed by atoms with E-state index in [1.165, 1.54) is 32.0 Å². The number of nitrogens with two attached hydrogens (primary N) is 1. The van der Waals surface area contributed by atoms with Crippen LogP contribution in [0.15, 0.2) is 23.1 Å². The van der Waals surface area contributed by atoms with Crippen molar-refractivity contribution in [3.05, 3.63) is 23.2 Å². The van der Waals surface area contributed by atoms with Gasteiger partial charge in [-0.15, -0.1) is 0 Å². The molecule has 0 fully saturated rings. The fourth-order valence-electron chi connectivity index (χ4n) is 1.26. The molecule has 108 valence electrons. The van der Waals surface area contributed by atoms with Gasteiger partial charge in [-0.05, 0) is 45.9 Å². The van der Waals surface area contributed by atoms with Gasteiger partial charge in [-0.3, -0.25) is 0 Å². The number of sulfonamides is 1. The van der Waals surface area contributed by atoms with Crippen LogP contribution in [0.1, 0.15) is 27.7 Å². The number of hydrogen-bond acceptors (Lipinski definition) is 4. The lowest BCUT2D eigenvalue weighted by molar-refractivity contribution is 0.00639. The molecule has 0 bridgehead atoms. The van der Waals surface area contributed by atoms with E-state index in [-0.39, 0.29) is 15.6 Å². The van der Waals surface area contributed by atoms with E-state index in [2.05, 4.69) is 4.72 Å². The van der Waals surface area contributed by atoms with Gasteiger partial charge in [0.1, 0.15) is 4.90 Å². The van der Waals surface area contributed by atoms with Crippen molar-refractivity contribution < 1.29 is 13.5 Å². The van der Waals surface area contributed by atoms with Crippen molar-refractivity contribution in [3.63, 3.8) is 0 Å². The quantitative estimate of drug-likeness (QED) is 0.739. The van der Waals surface area contributed by atoms with Gasteiger partial charge in [-0.25, -0.2) is 13.1 Å². The lowest BCUT2D eigenvalue weighted by atomic mass is 9.87. The molecule has 0 aliphatic rings. The van der Waals surface area contributed by atoms with Gasteiger partial charge in [0.05, 0.1) is 16.8 Å². The predicted octanol–water partition coefficient (Wildman–Crippen LogP) is 1.75. The summed E-state index contributed by atoms with van der Waals surface area (Å²) in [6, 6.07) is 4.21. The van der Waals surface area contributed by atoms with Gasteiger partial charge in [0.15, 0.2) is 0 Å². The van der Waals surface area contributed by atoms with Crippen LogP contribution in [-0.4, -0.2) is 24.7 Å². The molecule has 4 N–H and O–H groups in total. The molecule has 0 spiro atoms. The first-order valence-electron chi connectivity index (χ1n) is 5.68. The standard InChI is InChI=1S/C12H19ClN2O3S/c1-11(2,12(3,4)16)15-19(17,18)10-7-8(13)5-6-9(10)14/h5-7,15-16H,14H2,1-4H3. The Kier molecular flexibility index (Phi) is 4.22. The number of benzene rings is 1. The molecule has 7 heteroatoms. The molecule has 0 saturated carbocycles. The third kappa shape index (κ3) is 3.60. The Bertz CT molecular complexity index is 577. The summed E-state index contributed by atoms with van der Waals surface area (Å²) in [5, 5.41) is 10.3. The maximum atomic E-state index is 12.3. The second-order valence-electron chi connectivity index (χ2n) is 5.47. The smallest absolute Gasteiger partial charge is 0.243 e. The first kappa shape index (κ1) is 16.2. The predicted molar refractivity (Wildman–Crippen MR) is 76.6 cm³/mol. The minimum Gasteiger partial charge on any atom is -0.398 e. The van der Waals surface area contributed by atoms with E-state index in [0.29, 0.717) is 0 Å². The maximum absolute atomic E-state index is 12.3. The summed E-state index contributed by atoms with van der Waals surface area (Å²) in [4.78, 5) is -0.0997. The Morgan fingerprint density at radius 3 is 2.26 bits per heavy atom. The molecule has 0 saturated heterocycles. The fourth-order valence-corrected chi connectivity index (χ4v) is 3.19. The summed E-state index contributed by atoms with van der Waals surface area (Å²) in [6.45, 7) is 6.23. The van der Waals surface area contributed by atoms with Crippen LogP contribution in [0.25, 0.3) is 0 Å². The van der Waals surface area contributed by atoms with Gasteiger partial charge < -0.3 is 10.8 Å². The van der Waals surface area contributed by atoms with E-state index in [1.54, 1.807) is 13.8 Å². The van der Waals surface area contributed by atoms with Crippen LogP contribution < -0.4 is 10.5 Å². The van der Waals surface area contributed by atoms with Crippen molar-refractivity contribution in [3.8, 4) is 0 Å². The number of rotatable bonds is 4. The Morgan fingerprint density at radius 2 is 1.79 bits per heavy atom. The highest BCUT2D eigenvalue weighted by atomic mass is 35.5.